The SMILES string of the molecule is CCCCCCCC/C=C/CCCCCCCC(=O)OC(CNCc1ccccc1)COCCOCCOCCOCCOCCOCCOCCOCCOCCOCCOCCOCOC. The lowest BCUT2D eigenvalue weighted by atomic mass is 10.1. The van der Waals surface area contributed by atoms with Crippen LogP contribution in [0.25, 0.3) is 0 Å². The maximum atomic E-state index is 12.7. The summed E-state index contributed by atoms with van der Waals surface area (Å²) in [6.07, 6.45) is 20.7. The van der Waals surface area contributed by atoms with Gasteiger partial charge in [0.15, 0.2) is 0 Å². The van der Waals surface area contributed by atoms with Crippen molar-refractivity contribution in [2.24, 2.45) is 0 Å². The topological polar surface area (TPSA) is 158 Å². The summed E-state index contributed by atoms with van der Waals surface area (Å²) in [7, 11) is 1.58. The predicted molar refractivity (Wildman–Crippen MR) is 264 cm³/mol. The Bertz CT molecular complexity index is 1160. The number of ether oxygens (including phenoxy) is 14. The standard InChI is InChI=1S/C52H95NO15/c1-3-4-5-6-7-8-9-10-11-12-13-14-15-16-20-23-52(54)68-51(47-53-46-50-21-18-17-19-22-50)48-66-44-42-64-40-38-62-36-34-60-32-30-58-28-26-56-24-25-57-27-29-59-31-33-61-35-37-63-39-41-65-43-45-67-49-55-2/h10-11,17-19,21-22,51,53H,3-9,12-16,20,23-49H2,1-2H3/b11-10+. The summed E-state index contributed by atoms with van der Waals surface area (Å²) < 4.78 is 76.8. The second-order valence-electron chi connectivity index (χ2n) is 16.1. The Kier molecular flexibility index (Phi) is 52.4. The number of methoxy groups -OCH3 is 1. The Morgan fingerprint density at radius 3 is 1.25 bits per heavy atom. The summed E-state index contributed by atoms with van der Waals surface area (Å²) in [4.78, 5) is 12.7. The van der Waals surface area contributed by atoms with Crippen LogP contribution in [0.15, 0.2) is 42.5 Å². The molecule has 0 fully saturated rings. The van der Waals surface area contributed by atoms with Crippen LogP contribution in [0.2, 0.25) is 0 Å². The molecule has 0 aromatic heterocycles. The van der Waals surface area contributed by atoms with Gasteiger partial charge in [0.1, 0.15) is 12.9 Å². The number of nitrogens with one attached hydrogen (secondary N) is 1. The fourth-order valence-electron chi connectivity index (χ4n) is 6.37. The van der Waals surface area contributed by atoms with E-state index in [1.807, 2.05) is 18.2 Å². The lowest BCUT2D eigenvalue weighted by Gasteiger charge is -2.19. The molecule has 1 rings (SSSR count). The third-order valence-corrected chi connectivity index (χ3v) is 10.1. The quantitative estimate of drug-likeness (QED) is 0.0295. The van der Waals surface area contributed by atoms with Crippen molar-refractivity contribution < 1.29 is 71.1 Å². The highest BCUT2D eigenvalue weighted by molar-refractivity contribution is 5.69. The molecule has 0 spiro atoms. The van der Waals surface area contributed by atoms with Crippen molar-refractivity contribution >= 4 is 5.97 Å². The van der Waals surface area contributed by atoms with Crippen molar-refractivity contribution in [3.63, 3.8) is 0 Å². The average Bonchev–Trinajstić information content (AvgIpc) is 3.35. The molecule has 398 valence electrons. The molecule has 0 aliphatic rings. The van der Waals surface area contributed by atoms with E-state index in [0.29, 0.717) is 171 Å². The van der Waals surface area contributed by atoms with Crippen LogP contribution in [-0.4, -0.2) is 184 Å². The molecule has 0 amide bonds. The van der Waals surface area contributed by atoms with Gasteiger partial charge in [-0.25, -0.2) is 0 Å². The minimum atomic E-state index is -0.370. The smallest absolute Gasteiger partial charge is 0.306 e. The number of carbonyl (C=O) groups is 1. The molecule has 0 bridgehead atoms. The first kappa shape index (κ1) is 63.9. The highest BCUT2D eigenvalue weighted by Crippen LogP contribution is 2.11. The van der Waals surface area contributed by atoms with Crippen molar-refractivity contribution in [2.75, 3.05) is 172 Å². The molecule has 16 nitrogen and oxygen atoms in total. The summed E-state index contributed by atoms with van der Waals surface area (Å²) in [5.74, 6) is -0.165. The fourth-order valence-corrected chi connectivity index (χ4v) is 6.37. The molecule has 0 saturated carbocycles. The van der Waals surface area contributed by atoms with E-state index in [2.05, 4.69) is 36.5 Å². The third-order valence-electron chi connectivity index (χ3n) is 10.1. The zero-order valence-corrected chi connectivity index (χ0v) is 42.5. The summed E-state index contributed by atoms with van der Waals surface area (Å²) in [5.41, 5.74) is 1.18. The van der Waals surface area contributed by atoms with Gasteiger partial charge in [0.25, 0.3) is 0 Å². The number of hydrogen-bond acceptors (Lipinski definition) is 16. The first-order valence-electron chi connectivity index (χ1n) is 25.8. The van der Waals surface area contributed by atoms with Crippen LogP contribution < -0.4 is 5.32 Å². The van der Waals surface area contributed by atoms with E-state index in [1.165, 1.54) is 63.4 Å². The Balaban J connectivity index is 1.90. The molecule has 1 aromatic carbocycles. The van der Waals surface area contributed by atoms with Crippen LogP contribution in [0.5, 0.6) is 0 Å². The summed E-state index contributed by atoms with van der Waals surface area (Å²) in [6, 6.07) is 10.2. The van der Waals surface area contributed by atoms with Gasteiger partial charge in [0.2, 0.25) is 0 Å². The van der Waals surface area contributed by atoms with Gasteiger partial charge in [-0.2, -0.15) is 0 Å². The van der Waals surface area contributed by atoms with Crippen molar-refractivity contribution in [3.05, 3.63) is 48.0 Å². The first-order valence-corrected chi connectivity index (χ1v) is 25.8. The maximum Gasteiger partial charge on any atom is 0.306 e. The van der Waals surface area contributed by atoms with Gasteiger partial charge in [0, 0.05) is 26.6 Å². The van der Waals surface area contributed by atoms with Gasteiger partial charge in [-0.15, -0.1) is 0 Å². The highest BCUT2D eigenvalue weighted by Gasteiger charge is 2.15. The molecule has 16 heteroatoms. The molecule has 0 heterocycles. The molecule has 1 atom stereocenters. The van der Waals surface area contributed by atoms with Crippen molar-refractivity contribution in [1.82, 2.24) is 5.32 Å². The number of esters is 1. The first-order chi connectivity index (χ1) is 33.8. The molecule has 0 aliphatic heterocycles. The van der Waals surface area contributed by atoms with Crippen LogP contribution in [0.1, 0.15) is 102 Å². The molecule has 0 saturated heterocycles. The lowest BCUT2D eigenvalue weighted by Crippen LogP contribution is -2.34. The summed E-state index contributed by atoms with van der Waals surface area (Å²) >= 11 is 0. The molecular weight excluding hydrogens is 879 g/mol. The lowest BCUT2D eigenvalue weighted by molar-refractivity contribution is -0.152. The van der Waals surface area contributed by atoms with Crippen LogP contribution >= 0.6 is 0 Å². The Morgan fingerprint density at radius 1 is 0.471 bits per heavy atom. The van der Waals surface area contributed by atoms with E-state index in [4.69, 9.17) is 66.3 Å². The number of carbonyl (C=O) groups excluding carboxylic acids is 1. The van der Waals surface area contributed by atoms with E-state index in [1.54, 1.807) is 7.11 Å². The van der Waals surface area contributed by atoms with Crippen LogP contribution in [0.3, 0.4) is 0 Å². The zero-order valence-electron chi connectivity index (χ0n) is 42.5. The van der Waals surface area contributed by atoms with E-state index < -0.39 is 0 Å². The monoisotopic (exact) mass is 974 g/mol. The van der Waals surface area contributed by atoms with Crippen molar-refractivity contribution in [3.8, 4) is 0 Å². The van der Waals surface area contributed by atoms with Gasteiger partial charge < -0.3 is 71.6 Å². The molecule has 68 heavy (non-hydrogen) atoms. The normalized spacial score (nSPS) is 12.1. The number of allylic oxidation sites excluding steroid dienone is 2. The number of benzene rings is 1. The number of unbranched alkanes of at least 4 members (excludes halogenated alkanes) is 11. The van der Waals surface area contributed by atoms with Gasteiger partial charge in [-0.1, -0.05) is 101 Å². The van der Waals surface area contributed by atoms with E-state index in [-0.39, 0.29) is 18.9 Å². The highest BCUT2D eigenvalue weighted by atomic mass is 16.7. The Hall–Kier alpha value is -2.13. The molecule has 1 aromatic rings. The van der Waals surface area contributed by atoms with Crippen molar-refractivity contribution in [1.29, 1.82) is 0 Å². The summed E-state index contributed by atoms with van der Waals surface area (Å²) in [5, 5.41) is 3.41. The third kappa shape index (κ3) is 50.3. The van der Waals surface area contributed by atoms with Gasteiger partial charge in [-0.05, 0) is 37.7 Å². The molecule has 1 N–H and O–H groups in total. The second kappa shape index (κ2) is 55.8. The van der Waals surface area contributed by atoms with Gasteiger partial charge >= 0.3 is 5.97 Å². The molecule has 1 unspecified atom stereocenters. The number of hydrogen-bond donors (Lipinski definition) is 1. The molecule has 0 aliphatic carbocycles. The molecular formula is C52H95NO15. The minimum Gasteiger partial charge on any atom is -0.459 e. The predicted octanol–water partition coefficient (Wildman–Crippen LogP) is 7.53. The van der Waals surface area contributed by atoms with Gasteiger partial charge in [0.05, 0.1) is 152 Å². The maximum absolute atomic E-state index is 12.7. The molecule has 0 radical (unpaired) electrons. The van der Waals surface area contributed by atoms with E-state index in [9.17, 15) is 4.79 Å². The number of rotatable bonds is 57. The van der Waals surface area contributed by atoms with Gasteiger partial charge in [-0.3, -0.25) is 4.79 Å². The largest absolute Gasteiger partial charge is 0.459 e. The Labute approximate surface area is 411 Å². The van der Waals surface area contributed by atoms with Crippen molar-refractivity contribution in [2.45, 2.75) is 109 Å². The van der Waals surface area contributed by atoms with E-state index >= 15 is 0 Å². The zero-order chi connectivity index (χ0) is 48.6. The minimum absolute atomic E-state index is 0.165. The van der Waals surface area contributed by atoms with E-state index in [0.717, 1.165) is 25.7 Å². The van der Waals surface area contributed by atoms with Crippen LogP contribution in [-0.2, 0) is 77.7 Å². The Morgan fingerprint density at radius 2 is 0.838 bits per heavy atom. The average molecular weight is 974 g/mol. The van der Waals surface area contributed by atoms with Crippen LogP contribution in [0, 0.1) is 0 Å². The second-order valence-corrected chi connectivity index (χ2v) is 16.1. The van der Waals surface area contributed by atoms with Crippen LogP contribution in [0.4, 0.5) is 0 Å². The fraction of sp³-hybridized carbons (Fsp3) is 0.827. The summed E-state index contributed by atoms with van der Waals surface area (Å²) in [6.45, 7) is 14.8.